The lowest BCUT2D eigenvalue weighted by atomic mass is 10.1. The van der Waals surface area contributed by atoms with Gasteiger partial charge in [0.05, 0.1) is 6.10 Å². The van der Waals surface area contributed by atoms with Crippen molar-refractivity contribution in [3.05, 3.63) is 23.9 Å². The average Bonchev–Trinajstić information content (AvgIpc) is 2.90. The van der Waals surface area contributed by atoms with Crippen molar-refractivity contribution < 1.29 is 4.74 Å². The Bertz CT molecular complexity index is 402. The molecule has 4 heteroatoms. The number of nitrogens with zero attached hydrogens (tertiary/aromatic N) is 1. The van der Waals surface area contributed by atoms with Gasteiger partial charge in [-0.3, -0.25) is 0 Å². The van der Waals surface area contributed by atoms with E-state index in [0.717, 1.165) is 18.0 Å². The smallest absolute Gasteiger partial charge is 0.218 e. The van der Waals surface area contributed by atoms with Crippen LogP contribution in [0, 0.1) is 0 Å². The second-order valence-electron chi connectivity index (χ2n) is 5.95. The topological polar surface area (TPSA) is 46.2 Å². The molecule has 20 heavy (non-hydrogen) atoms. The molecule has 1 fully saturated rings. The van der Waals surface area contributed by atoms with E-state index in [1.165, 1.54) is 25.8 Å². The van der Waals surface area contributed by atoms with E-state index >= 15 is 0 Å². The molecule has 1 aromatic rings. The van der Waals surface area contributed by atoms with Gasteiger partial charge in [0.25, 0.3) is 0 Å². The maximum atomic E-state index is 5.75. The highest BCUT2D eigenvalue weighted by molar-refractivity contribution is 5.25. The summed E-state index contributed by atoms with van der Waals surface area (Å²) in [5, 5.41) is 7.13. The molecule has 1 saturated heterocycles. The molecule has 2 atom stereocenters. The maximum absolute atomic E-state index is 5.75. The van der Waals surface area contributed by atoms with Gasteiger partial charge in [0.2, 0.25) is 5.88 Å². The van der Waals surface area contributed by atoms with Gasteiger partial charge < -0.3 is 15.4 Å². The molecule has 112 valence electrons. The van der Waals surface area contributed by atoms with Crippen molar-refractivity contribution in [2.24, 2.45) is 0 Å². The molecule has 1 aromatic heterocycles. The van der Waals surface area contributed by atoms with Gasteiger partial charge in [-0.05, 0) is 52.6 Å². The molecule has 1 aliphatic rings. The van der Waals surface area contributed by atoms with Crippen LogP contribution in [-0.2, 0) is 6.54 Å². The second kappa shape index (κ2) is 7.60. The highest BCUT2D eigenvalue weighted by atomic mass is 16.5. The molecule has 0 spiro atoms. The minimum Gasteiger partial charge on any atom is -0.475 e. The van der Waals surface area contributed by atoms with Crippen molar-refractivity contribution in [3.8, 4) is 5.88 Å². The molecule has 2 heterocycles. The van der Waals surface area contributed by atoms with E-state index in [1.54, 1.807) is 6.20 Å². The van der Waals surface area contributed by atoms with Gasteiger partial charge in [-0.2, -0.15) is 0 Å². The van der Waals surface area contributed by atoms with E-state index in [2.05, 4.69) is 28.6 Å². The average molecular weight is 277 g/mol. The third-order valence-corrected chi connectivity index (χ3v) is 3.64. The summed E-state index contributed by atoms with van der Waals surface area (Å²) < 4.78 is 5.75. The van der Waals surface area contributed by atoms with Crippen LogP contribution < -0.4 is 15.4 Å². The summed E-state index contributed by atoms with van der Waals surface area (Å²) in [5.74, 6) is 0.751. The van der Waals surface area contributed by atoms with Gasteiger partial charge in [0, 0.05) is 30.4 Å². The van der Waals surface area contributed by atoms with Crippen molar-refractivity contribution in [2.75, 3.05) is 6.54 Å². The fourth-order valence-corrected chi connectivity index (χ4v) is 2.64. The van der Waals surface area contributed by atoms with E-state index in [9.17, 15) is 0 Å². The number of ether oxygens (including phenoxy) is 1. The molecule has 0 aliphatic carbocycles. The number of pyridine rings is 1. The van der Waals surface area contributed by atoms with Crippen LogP contribution in [-0.4, -0.2) is 29.7 Å². The monoisotopic (exact) mass is 277 g/mol. The fourth-order valence-electron chi connectivity index (χ4n) is 2.64. The Hall–Kier alpha value is -1.13. The summed E-state index contributed by atoms with van der Waals surface area (Å²) in [6.07, 6.45) is 5.74. The van der Waals surface area contributed by atoms with E-state index in [0.29, 0.717) is 12.1 Å². The number of hydrogen-bond donors (Lipinski definition) is 2. The minimum absolute atomic E-state index is 0.156. The minimum atomic E-state index is 0.156. The Labute approximate surface area is 122 Å². The molecule has 0 radical (unpaired) electrons. The van der Waals surface area contributed by atoms with Crippen molar-refractivity contribution >= 4 is 0 Å². The van der Waals surface area contributed by atoms with Crippen LogP contribution in [0.15, 0.2) is 18.3 Å². The summed E-state index contributed by atoms with van der Waals surface area (Å²) in [6.45, 7) is 8.29. The number of nitrogens with one attached hydrogen (secondary N) is 2. The zero-order valence-electron chi connectivity index (χ0n) is 12.9. The summed E-state index contributed by atoms with van der Waals surface area (Å²) in [4.78, 5) is 4.33. The predicted octanol–water partition coefficient (Wildman–Crippen LogP) is 2.49. The molecule has 2 N–H and O–H groups in total. The number of aromatic nitrogens is 1. The summed E-state index contributed by atoms with van der Waals surface area (Å²) in [5.41, 5.74) is 1.13. The molecule has 1 aliphatic heterocycles. The quantitative estimate of drug-likeness (QED) is 0.804. The fraction of sp³-hybridized carbons (Fsp3) is 0.688. The Morgan fingerprint density at radius 2 is 2.30 bits per heavy atom. The largest absolute Gasteiger partial charge is 0.475 e. The van der Waals surface area contributed by atoms with E-state index in [4.69, 9.17) is 4.74 Å². The molecule has 2 rings (SSSR count). The molecule has 0 aromatic carbocycles. The first-order chi connectivity index (χ1) is 9.65. The molecule has 0 saturated carbocycles. The Kier molecular flexibility index (Phi) is 5.80. The summed E-state index contributed by atoms with van der Waals surface area (Å²) >= 11 is 0. The Balaban J connectivity index is 1.83. The van der Waals surface area contributed by atoms with Gasteiger partial charge in [0.1, 0.15) is 0 Å². The van der Waals surface area contributed by atoms with Crippen LogP contribution in [0.25, 0.3) is 0 Å². The van der Waals surface area contributed by atoms with Crippen molar-refractivity contribution in [2.45, 2.75) is 64.8 Å². The van der Waals surface area contributed by atoms with Crippen LogP contribution in [0.3, 0.4) is 0 Å². The number of rotatable bonds is 7. The van der Waals surface area contributed by atoms with Crippen LogP contribution in [0.2, 0.25) is 0 Å². The van der Waals surface area contributed by atoms with Gasteiger partial charge in [-0.1, -0.05) is 6.07 Å². The predicted molar refractivity (Wildman–Crippen MR) is 81.9 cm³/mol. The highest BCUT2D eigenvalue weighted by Gasteiger charge is 2.17. The van der Waals surface area contributed by atoms with Gasteiger partial charge in [0.15, 0.2) is 0 Å². The molecule has 0 amide bonds. The van der Waals surface area contributed by atoms with Crippen LogP contribution >= 0.6 is 0 Å². The van der Waals surface area contributed by atoms with Crippen LogP contribution in [0.5, 0.6) is 5.88 Å². The standard InChI is InChI=1S/C16H27N3O/c1-12(2)20-16-14(6-4-9-18-16)11-19-13(3)10-15-7-5-8-17-15/h4,6,9,12-13,15,17,19H,5,7-8,10-11H2,1-3H3. The van der Waals surface area contributed by atoms with Crippen LogP contribution in [0.4, 0.5) is 0 Å². The Morgan fingerprint density at radius 3 is 3.00 bits per heavy atom. The Morgan fingerprint density at radius 1 is 1.45 bits per heavy atom. The number of hydrogen-bond acceptors (Lipinski definition) is 4. The SMILES string of the molecule is CC(CC1CCCN1)NCc1cccnc1OC(C)C. The first-order valence-corrected chi connectivity index (χ1v) is 7.72. The summed E-state index contributed by atoms with van der Waals surface area (Å²) in [7, 11) is 0. The van der Waals surface area contributed by atoms with E-state index in [-0.39, 0.29) is 6.10 Å². The zero-order chi connectivity index (χ0) is 14.4. The lowest BCUT2D eigenvalue weighted by Gasteiger charge is -2.19. The maximum Gasteiger partial charge on any atom is 0.218 e. The third-order valence-electron chi connectivity index (χ3n) is 3.64. The lowest BCUT2D eigenvalue weighted by Crippen LogP contribution is -2.33. The summed E-state index contributed by atoms with van der Waals surface area (Å²) in [6, 6.07) is 5.22. The molecule has 0 bridgehead atoms. The molecular formula is C16H27N3O. The van der Waals surface area contributed by atoms with Crippen molar-refractivity contribution in [1.29, 1.82) is 0 Å². The third kappa shape index (κ3) is 4.76. The van der Waals surface area contributed by atoms with Gasteiger partial charge >= 0.3 is 0 Å². The van der Waals surface area contributed by atoms with E-state index < -0.39 is 0 Å². The van der Waals surface area contributed by atoms with E-state index in [1.807, 2.05) is 19.9 Å². The normalized spacial score (nSPS) is 20.3. The molecule has 2 unspecified atom stereocenters. The highest BCUT2D eigenvalue weighted by Crippen LogP contribution is 2.16. The molecular weight excluding hydrogens is 250 g/mol. The second-order valence-corrected chi connectivity index (χ2v) is 5.95. The zero-order valence-corrected chi connectivity index (χ0v) is 12.9. The van der Waals surface area contributed by atoms with Gasteiger partial charge in [-0.15, -0.1) is 0 Å². The van der Waals surface area contributed by atoms with Gasteiger partial charge in [-0.25, -0.2) is 4.98 Å². The van der Waals surface area contributed by atoms with Crippen molar-refractivity contribution in [3.63, 3.8) is 0 Å². The first kappa shape index (κ1) is 15.3. The van der Waals surface area contributed by atoms with Crippen LogP contribution in [0.1, 0.15) is 45.6 Å². The molecule has 4 nitrogen and oxygen atoms in total. The first-order valence-electron chi connectivity index (χ1n) is 7.72. The van der Waals surface area contributed by atoms with Crippen molar-refractivity contribution in [1.82, 2.24) is 15.6 Å². The lowest BCUT2D eigenvalue weighted by molar-refractivity contribution is 0.229.